The Morgan fingerprint density at radius 3 is 2.41 bits per heavy atom. The first kappa shape index (κ1) is 12.5. The van der Waals surface area contributed by atoms with E-state index in [1.165, 1.54) is 0 Å². The van der Waals surface area contributed by atoms with Gasteiger partial charge in [-0.3, -0.25) is 11.3 Å². The van der Waals surface area contributed by atoms with Crippen molar-refractivity contribution < 1.29 is 4.39 Å². The zero-order valence-electron chi connectivity index (χ0n) is 11.0. The summed E-state index contributed by atoms with van der Waals surface area (Å²) >= 11 is 0. The van der Waals surface area contributed by atoms with E-state index < -0.39 is 0 Å². The molecule has 0 heterocycles. The predicted octanol–water partition coefficient (Wildman–Crippen LogP) is 2.99. The van der Waals surface area contributed by atoms with Gasteiger partial charge < -0.3 is 0 Å². The van der Waals surface area contributed by atoms with Gasteiger partial charge in [-0.15, -0.1) is 0 Å². The first-order valence-electron chi connectivity index (χ1n) is 6.09. The SMILES string of the molecule is Cc1cc(C)c(C(NN)C2CC2(C)C)c(F)c1. The Balaban J connectivity index is 2.38. The van der Waals surface area contributed by atoms with Gasteiger partial charge in [0.2, 0.25) is 0 Å². The summed E-state index contributed by atoms with van der Waals surface area (Å²) in [6, 6.07) is 3.52. The minimum absolute atomic E-state index is 0.0781. The van der Waals surface area contributed by atoms with Gasteiger partial charge in [-0.05, 0) is 48.8 Å². The van der Waals surface area contributed by atoms with Gasteiger partial charge in [0.25, 0.3) is 0 Å². The highest BCUT2D eigenvalue weighted by molar-refractivity contribution is 5.36. The van der Waals surface area contributed by atoms with E-state index in [4.69, 9.17) is 5.84 Å². The van der Waals surface area contributed by atoms with Crippen LogP contribution < -0.4 is 11.3 Å². The number of hydrogen-bond acceptors (Lipinski definition) is 2. The van der Waals surface area contributed by atoms with Crippen molar-refractivity contribution in [2.24, 2.45) is 17.2 Å². The van der Waals surface area contributed by atoms with Crippen molar-refractivity contribution in [3.05, 3.63) is 34.6 Å². The summed E-state index contributed by atoms with van der Waals surface area (Å²) in [5, 5.41) is 0. The van der Waals surface area contributed by atoms with Crippen LogP contribution in [0.1, 0.15) is 43.0 Å². The molecule has 0 aliphatic heterocycles. The van der Waals surface area contributed by atoms with Crippen molar-refractivity contribution in [2.75, 3.05) is 0 Å². The molecule has 0 aromatic heterocycles. The van der Waals surface area contributed by atoms with Crippen LogP contribution in [0.25, 0.3) is 0 Å². The molecule has 0 radical (unpaired) electrons. The Morgan fingerprint density at radius 2 is 2.00 bits per heavy atom. The van der Waals surface area contributed by atoms with Gasteiger partial charge in [0.1, 0.15) is 5.82 Å². The number of halogens is 1. The van der Waals surface area contributed by atoms with Crippen LogP contribution in [0.15, 0.2) is 12.1 Å². The van der Waals surface area contributed by atoms with Crippen molar-refractivity contribution >= 4 is 0 Å². The summed E-state index contributed by atoms with van der Waals surface area (Å²) < 4.78 is 14.1. The van der Waals surface area contributed by atoms with E-state index in [-0.39, 0.29) is 17.3 Å². The van der Waals surface area contributed by atoms with Crippen molar-refractivity contribution in [1.82, 2.24) is 5.43 Å². The maximum atomic E-state index is 14.1. The molecule has 1 aliphatic rings. The fourth-order valence-electron chi connectivity index (χ4n) is 2.80. The Bertz CT molecular complexity index is 417. The summed E-state index contributed by atoms with van der Waals surface area (Å²) in [4.78, 5) is 0. The zero-order valence-corrected chi connectivity index (χ0v) is 11.0. The fraction of sp³-hybridized carbons (Fsp3) is 0.571. The first-order chi connectivity index (χ1) is 7.86. The highest BCUT2D eigenvalue weighted by Crippen LogP contribution is 2.58. The minimum Gasteiger partial charge on any atom is -0.271 e. The van der Waals surface area contributed by atoms with Crippen molar-refractivity contribution in [3.8, 4) is 0 Å². The topological polar surface area (TPSA) is 38.0 Å². The molecule has 3 heteroatoms. The maximum absolute atomic E-state index is 14.1. The molecular weight excluding hydrogens is 215 g/mol. The van der Waals surface area contributed by atoms with Crippen LogP contribution >= 0.6 is 0 Å². The molecule has 1 aromatic carbocycles. The number of rotatable bonds is 3. The number of hydrazine groups is 1. The Labute approximate surface area is 102 Å². The van der Waals surface area contributed by atoms with Gasteiger partial charge in [-0.25, -0.2) is 4.39 Å². The van der Waals surface area contributed by atoms with E-state index in [1.807, 2.05) is 19.9 Å². The van der Waals surface area contributed by atoms with Gasteiger partial charge in [0.15, 0.2) is 0 Å². The molecule has 1 aliphatic carbocycles. The van der Waals surface area contributed by atoms with Crippen molar-refractivity contribution in [2.45, 2.75) is 40.2 Å². The van der Waals surface area contributed by atoms with Gasteiger partial charge in [0, 0.05) is 5.56 Å². The third kappa shape index (κ3) is 2.22. The van der Waals surface area contributed by atoms with E-state index >= 15 is 0 Å². The lowest BCUT2D eigenvalue weighted by molar-refractivity contribution is 0.407. The number of nitrogens with two attached hydrogens (primary N) is 1. The molecule has 0 bridgehead atoms. The molecule has 2 nitrogen and oxygen atoms in total. The van der Waals surface area contributed by atoms with Crippen LogP contribution in [0.4, 0.5) is 4.39 Å². The molecule has 1 aromatic rings. The quantitative estimate of drug-likeness (QED) is 0.625. The highest BCUT2D eigenvalue weighted by atomic mass is 19.1. The van der Waals surface area contributed by atoms with Gasteiger partial charge in [-0.1, -0.05) is 19.9 Å². The summed E-state index contributed by atoms with van der Waals surface area (Å²) in [6.45, 7) is 8.25. The Morgan fingerprint density at radius 1 is 1.41 bits per heavy atom. The van der Waals surface area contributed by atoms with Crippen LogP contribution in [-0.4, -0.2) is 0 Å². The second kappa shape index (κ2) is 4.07. The molecular formula is C14H21FN2. The highest BCUT2D eigenvalue weighted by Gasteiger charge is 2.51. The van der Waals surface area contributed by atoms with E-state index in [1.54, 1.807) is 6.07 Å². The van der Waals surface area contributed by atoms with Crippen LogP contribution in [0, 0.1) is 31.0 Å². The van der Waals surface area contributed by atoms with Gasteiger partial charge in [-0.2, -0.15) is 0 Å². The van der Waals surface area contributed by atoms with Gasteiger partial charge >= 0.3 is 0 Å². The molecule has 2 rings (SSSR count). The molecule has 1 fully saturated rings. The van der Waals surface area contributed by atoms with E-state index in [0.29, 0.717) is 5.92 Å². The average molecular weight is 236 g/mol. The molecule has 0 amide bonds. The van der Waals surface area contributed by atoms with Crippen molar-refractivity contribution in [3.63, 3.8) is 0 Å². The minimum atomic E-state index is -0.145. The number of hydrogen-bond donors (Lipinski definition) is 2. The lowest BCUT2D eigenvalue weighted by Crippen LogP contribution is -2.32. The third-order valence-electron chi connectivity index (χ3n) is 3.96. The Kier molecular flexibility index (Phi) is 3.00. The Hall–Kier alpha value is -0.930. The zero-order chi connectivity index (χ0) is 12.8. The number of nitrogens with one attached hydrogen (secondary N) is 1. The first-order valence-corrected chi connectivity index (χ1v) is 6.09. The van der Waals surface area contributed by atoms with Crippen LogP contribution in [0.3, 0.4) is 0 Å². The van der Waals surface area contributed by atoms with E-state index in [0.717, 1.165) is 23.1 Å². The monoisotopic (exact) mass is 236 g/mol. The summed E-state index contributed by atoms with van der Waals surface area (Å²) in [5.41, 5.74) is 5.73. The maximum Gasteiger partial charge on any atom is 0.128 e. The lowest BCUT2D eigenvalue weighted by Gasteiger charge is -2.21. The molecule has 2 unspecified atom stereocenters. The number of aryl methyl sites for hydroxylation is 2. The van der Waals surface area contributed by atoms with Crippen LogP contribution in [-0.2, 0) is 0 Å². The molecule has 0 saturated heterocycles. The second-order valence-corrected chi connectivity index (χ2v) is 5.92. The second-order valence-electron chi connectivity index (χ2n) is 5.92. The number of benzene rings is 1. The molecule has 1 saturated carbocycles. The molecule has 3 N–H and O–H groups in total. The summed E-state index contributed by atoms with van der Waals surface area (Å²) in [5.74, 6) is 5.90. The third-order valence-corrected chi connectivity index (χ3v) is 3.96. The standard InChI is InChI=1S/C14H21FN2/c1-8-5-9(2)12(11(15)6-8)13(17-16)10-7-14(10,3)4/h5-6,10,13,17H,7,16H2,1-4H3. The van der Waals surface area contributed by atoms with Gasteiger partial charge in [0.05, 0.1) is 6.04 Å². The molecule has 17 heavy (non-hydrogen) atoms. The molecule has 94 valence electrons. The normalized spacial score (nSPS) is 23.5. The van der Waals surface area contributed by atoms with Crippen LogP contribution in [0.5, 0.6) is 0 Å². The summed E-state index contributed by atoms with van der Waals surface area (Å²) in [6.07, 6.45) is 1.09. The largest absolute Gasteiger partial charge is 0.271 e. The predicted molar refractivity (Wildman–Crippen MR) is 67.8 cm³/mol. The smallest absolute Gasteiger partial charge is 0.128 e. The van der Waals surface area contributed by atoms with E-state index in [2.05, 4.69) is 19.3 Å². The van der Waals surface area contributed by atoms with E-state index in [9.17, 15) is 4.39 Å². The average Bonchev–Trinajstić information content (AvgIpc) is 2.80. The molecule has 2 atom stereocenters. The molecule has 0 spiro atoms. The van der Waals surface area contributed by atoms with Crippen molar-refractivity contribution in [1.29, 1.82) is 0 Å². The summed E-state index contributed by atoms with van der Waals surface area (Å²) in [7, 11) is 0. The fourth-order valence-corrected chi connectivity index (χ4v) is 2.80. The lowest BCUT2D eigenvalue weighted by atomic mass is 9.92. The van der Waals surface area contributed by atoms with Crippen LogP contribution in [0.2, 0.25) is 0 Å².